The lowest BCUT2D eigenvalue weighted by Gasteiger charge is -2.18. The summed E-state index contributed by atoms with van der Waals surface area (Å²) in [5, 5.41) is 3.49. The van der Waals surface area contributed by atoms with Gasteiger partial charge in [-0.25, -0.2) is 0 Å². The van der Waals surface area contributed by atoms with Gasteiger partial charge in [-0.15, -0.1) is 0 Å². The summed E-state index contributed by atoms with van der Waals surface area (Å²) in [6.07, 6.45) is 3.73. The highest BCUT2D eigenvalue weighted by molar-refractivity contribution is 14.1. The van der Waals surface area contributed by atoms with Crippen LogP contribution < -0.4 is 5.32 Å². The van der Waals surface area contributed by atoms with Crippen molar-refractivity contribution < 1.29 is 0 Å². The quantitative estimate of drug-likeness (QED) is 0.865. The monoisotopic (exact) mass is 338 g/mol. The maximum Gasteiger partial charge on any atom is 0.0591 e. The molecule has 3 heteroatoms. The van der Waals surface area contributed by atoms with Gasteiger partial charge in [-0.2, -0.15) is 0 Å². The maximum absolute atomic E-state index is 4.19. The van der Waals surface area contributed by atoms with Crippen LogP contribution in [0.3, 0.4) is 0 Å². The Hall–Kier alpha value is -0.940. The molecule has 1 N–H and O–H groups in total. The molecule has 1 unspecified atom stereocenters. The fourth-order valence-corrected chi connectivity index (χ4v) is 2.19. The van der Waals surface area contributed by atoms with Crippen LogP contribution in [-0.2, 0) is 0 Å². The first-order valence-corrected chi connectivity index (χ1v) is 6.78. The number of nitrogens with zero attached hydrogens (tertiary/aromatic N) is 1. The van der Waals surface area contributed by atoms with Crippen LogP contribution in [0.5, 0.6) is 0 Å². The van der Waals surface area contributed by atoms with Crippen LogP contribution in [0.15, 0.2) is 48.8 Å². The van der Waals surface area contributed by atoms with Gasteiger partial charge in [0.15, 0.2) is 0 Å². The summed E-state index contributed by atoms with van der Waals surface area (Å²) < 4.78 is 1.26. The van der Waals surface area contributed by atoms with Gasteiger partial charge in [0.1, 0.15) is 0 Å². The highest BCUT2D eigenvalue weighted by Crippen LogP contribution is 2.21. The van der Waals surface area contributed by atoms with Crippen molar-refractivity contribution in [3.05, 3.63) is 63.5 Å². The van der Waals surface area contributed by atoms with Gasteiger partial charge in [-0.3, -0.25) is 4.98 Å². The van der Waals surface area contributed by atoms with E-state index in [0.29, 0.717) is 0 Å². The standard InChI is InChI=1S/C14H15IN2/c1-2-17-14(12-4-3-9-16-10-12)11-5-7-13(15)8-6-11/h3-10,14,17H,2H2,1H3. The molecule has 1 atom stereocenters. The third-order valence-corrected chi connectivity index (χ3v) is 3.35. The van der Waals surface area contributed by atoms with Crippen LogP contribution in [0, 0.1) is 3.57 Å². The molecule has 0 saturated carbocycles. The molecule has 0 aliphatic carbocycles. The maximum atomic E-state index is 4.19. The van der Waals surface area contributed by atoms with Gasteiger partial charge in [0, 0.05) is 16.0 Å². The Bertz CT molecular complexity index is 453. The number of rotatable bonds is 4. The molecule has 1 aromatic heterocycles. The van der Waals surface area contributed by atoms with Crippen LogP contribution in [0.25, 0.3) is 0 Å². The Balaban J connectivity index is 2.32. The van der Waals surface area contributed by atoms with Crippen LogP contribution in [0.4, 0.5) is 0 Å². The van der Waals surface area contributed by atoms with Crippen LogP contribution in [0.2, 0.25) is 0 Å². The van der Waals surface area contributed by atoms with E-state index < -0.39 is 0 Å². The van der Waals surface area contributed by atoms with Crippen molar-refractivity contribution in [1.82, 2.24) is 10.3 Å². The molecule has 2 nitrogen and oxygen atoms in total. The van der Waals surface area contributed by atoms with Gasteiger partial charge in [0.25, 0.3) is 0 Å². The Morgan fingerprint density at radius 2 is 1.94 bits per heavy atom. The minimum Gasteiger partial charge on any atom is -0.306 e. The number of nitrogens with one attached hydrogen (secondary N) is 1. The van der Waals surface area contributed by atoms with E-state index in [0.717, 1.165) is 6.54 Å². The molecule has 17 heavy (non-hydrogen) atoms. The van der Waals surface area contributed by atoms with Crippen molar-refractivity contribution in [3.8, 4) is 0 Å². The molecule has 0 aliphatic heterocycles. The van der Waals surface area contributed by atoms with Crippen molar-refractivity contribution in [3.63, 3.8) is 0 Å². The summed E-state index contributed by atoms with van der Waals surface area (Å²) in [5.41, 5.74) is 2.48. The second kappa shape index (κ2) is 6.12. The molecule has 0 bridgehead atoms. The van der Waals surface area contributed by atoms with Gasteiger partial charge in [0.05, 0.1) is 6.04 Å². The highest BCUT2D eigenvalue weighted by Gasteiger charge is 2.12. The first-order chi connectivity index (χ1) is 8.31. The Morgan fingerprint density at radius 3 is 2.53 bits per heavy atom. The minimum atomic E-state index is 0.227. The lowest BCUT2D eigenvalue weighted by atomic mass is 10.0. The number of pyridine rings is 1. The molecule has 0 aliphatic rings. The fourth-order valence-electron chi connectivity index (χ4n) is 1.83. The molecule has 88 valence electrons. The lowest BCUT2D eigenvalue weighted by molar-refractivity contribution is 0.628. The summed E-state index contributed by atoms with van der Waals surface area (Å²) in [7, 11) is 0. The van der Waals surface area contributed by atoms with Gasteiger partial charge in [-0.05, 0) is 58.5 Å². The predicted octanol–water partition coefficient (Wildman–Crippen LogP) is 3.39. The van der Waals surface area contributed by atoms with E-state index in [1.165, 1.54) is 14.7 Å². The van der Waals surface area contributed by atoms with E-state index in [1.54, 1.807) is 6.20 Å². The van der Waals surface area contributed by atoms with Crippen LogP contribution in [0.1, 0.15) is 24.1 Å². The molecule has 0 saturated heterocycles. The molecule has 1 aromatic carbocycles. The zero-order valence-electron chi connectivity index (χ0n) is 9.73. The molecular formula is C14H15IN2. The van der Waals surface area contributed by atoms with Crippen molar-refractivity contribution >= 4 is 22.6 Å². The molecule has 0 spiro atoms. The molecule has 0 radical (unpaired) electrons. The molecule has 1 heterocycles. The van der Waals surface area contributed by atoms with Crippen LogP contribution in [-0.4, -0.2) is 11.5 Å². The summed E-state index contributed by atoms with van der Waals surface area (Å²) in [6.45, 7) is 3.06. The Morgan fingerprint density at radius 1 is 1.18 bits per heavy atom. The zero-order chi connectivity index (χ0) is 12.1. The lowest BCUT2D eigenvalue weighted by Crippen LogP contribution is -2.22. The smallest absolute Gasteiger partial charge is 0.0591 e. The average molecular weight is 338 g/mol. The van der Waals surface area contributed by atoms with Crippen molar-refractivity contribution in [2.24, 2.45) is 0 Å². The van der Waals surface area contributed by atoms with Gasteiger partial charge in [0.2, 0.25) is 0 Å². The van der Waals surface area contributed by atoms with Gasteiger partial charge < -0.3 is 5.32 Å². The zero-order valence-corrected chi connectivity index (χ0v) is 11.9. The molecule has 2 aromatic rings. The van der Waals surface area contributed by atoms with Crippen molar-refractivity contribution in [2.75, 3.05) is 6.54 Å². The second-order valence-electron chi connectivity index (χ2n) is 3.83. The highest BCUT2D eigenvalue weighted by atomic mass is 127. The average Bonchev–Trinajstić information content (AvgIpc) is 2.38. The Kier molecular flexibility index (Phi) is 4.50. The van der Waals surface area contributed by atoms with E-state index in [9.17, 15) is 0 Å². The Labute approximate surface area is 116 Å². The topological polar surface area (TPSA) is 24.9 Å². The first-order valence-electron chi connectivity index (χ1n) is 5.70. The number of benzene rings is 1. The number of hydrogen-bond acceptors (Lipinski definition) is 2. The number of aromatic nitrogens is 1. The third kappa shape index (κ3) is 3.26. The molecule has 0 fully saturated rings. The van der Waals surface area contributed by atoms with Crippen molar-refractivity contribution in [1.29, 1.82) is 0 Å². The molecule has 0 amide bonds. The molecule has 2 rings (SSSR count). The van der Waals surface area contributed by atoms with E-state index in [1.807, 2.05) is 12.3 Å². The number of halogens is 1. The predicted molar refractivity (Wildman–Crippen MR) is 78.9 cm³/mol. The largest absolute Gasteiger partial charge is 0.306 e. The van der Waals surface area contributed by atoms with E-state index in [2.05, 4.69) is 70.1 Å². The molecular weight excluding hydrogens is 323 g/mol. The van der Waals surface area contributed by atoms with Gasteiger partial charge >= 0.3 is 0 Å². The van der Waals surface area contributed by atoms with Crippen LogP contribution >= 0.6 is 22.6 Å². The fraction of sp³-hybridized carbons (Fsp3) is 0.214. The normalized spacial score (nSPS) is 12.4. The SMILES string of the molecule is CCNC(c1ccc(I)cc1)c1cccnc1. The van der Waals surface area contributed by atoms with Crippen molar-refractivity contribution in [2.45, 2.75) is 13.0 Å². The summed E-state index contributed by atoms with van der Waals surface area (Å²) >= 11 is 2.32. The summed E-state index contributed by atoms with van der Waals surface area (Å²) in [4.78, 5) is 4.19. The van der Waals surface area contributed by atoms with E-state index in [4.69, 9.17) is 0 Å². The number of hydrogen-bond donors (Lipinski definition) is 1. The third-order valence-electron chi connectivity index (χ3n) is 2.63. The van der Waals surface area contributed by atoms with Gasteiger partial charge in [-0.1, -0.05) is 25.1 Å². The van der Waals surface area contributed by atoms with E-state index in [-0.39, 0.29) is 6.04 Å². The minimum absolute atomic E-state index is 0.227. The summed E-state index contributed by atoms with van der Waals surface area (Å²) in [5.74, 6) is 0. The van der Waals surface area contributed by atoms with E-state index >= 15 is 0 Å². The first kappa shape index (κ1) is 12.5. The second-order valence-corrected chi connectivity index (χ2v) is 5.07. The summed E-state index contributed by atoms with van der Waals surface area (Å²) in [6, 6.07) is 12.9.